The molecule has 2 aromatic rings. The minimum atomic E-state index is -0.389. The minimum Gasteiger partial charge on any atom is -0.486 e. The monoisotopic (exact) mass is 375 g/mol. The molecule has 7 nitrogen and oxygen atoms in total. The standard InChI is InChI=1S/C18H18ClN3O4/c19-12-1-3-13(4-2-12)22-18(24)20-8-7-17(23)21-14-5-6-15-16(11-14)26-10-9-25-15/h1-6,11H,7-10H2,(H,21,23)(H2,20,22,24). The van der Waals surface area contributed by atoms with Crippen LogP contribution >= 0.6 is 11.6 Å². The molecule has 2 aromatic carbocycles. The first-order valence-electron chi connectivity index (χ1n) is 8.10. The van der Waals surface area contributed by atoms with Crippen LogP contribution in [-0.4, -0.2) is 31.7 Å². The summed E-state index contributed by atoms with van der Waals surface area (Å²) >= 11 is 5.78. The van der Waals surface area contributed by atoms with Crippen LogP contribution in [0, 0.1) is 0 Å². The first kappa shape index (κ1) is 17.9. The SMILES string of the molecule is O=C(CCNC(=O)Nc1ccc(Cl)cc1)Nc1ccc2c(c1)OCCO2. The summed E-state index contributed by atoms with van der Waals surface area (Å²) in [7, 11) is 0. The van der Waals surface area contributed by atoms with Crippen LogP contribution in [0.4, 0.5) is 16.2 Å². The van der Waals surface area contributed by atoms with Gasteiger partial charge in [0.2, 0.25) is 5.91 Å². The number of fused-ring (bicyclic) bond motifs is 1. The van der Waals surface area contributed by atoms with E-state index >= 15 is 0 Å². The summed E-state index contributed by atoms with van der Waals surface area (Å²) < 4.78 is 10.9. The number of urea groups is 1. The normalized spacial score (nSPS) is 12.2. The van der Waals surface area contributed by atoms with Gasteiger partial charge in [-0.15, -0.1) is 0 Å². The molecule has 0 atom stereocenters. The van der Waals surface area contributed by atoms with Gasteiger partial charge in [0.05, 0.1) is 0 Å². The second kappa shape index (κ2) is 8.44. The molecule has 0 aromatic heterocycles. The molecule has 136 valence electrons. The number of hydrogen-bond donors (Lipinski definition) is 3. The number of rotatable bonds is 5. The van der Waals surface area contributed by atoms with E-state index in [0.29, 0.717) is 41.1 Å². The van der Waals surface area contributed by atoms with Gasteiger partial charge >= 0.3 is 6.03 Å². The lowest BCUT2D eigenvalue weighted by Gasteiger charge is -2.19. The van der Waals surface area contributed by atoms with E-state index in [2.05, 4.69) is 16.0 Å². The predicted molar refractivity (Wildman–Crippen MR) is 99.2 cm³/mol. The van der Waals surface area contributed by atoms with Crippen LogP contribution in [0.3, 0.4) is 0 Å². The predicted octanol–water partition coefficient (Wildman–Crippen LogP) is 3.26. The van der Waals surface area contributed by atoms with Crippen molar-refractivity contribution in [3.63, 3.8) is 0 Å². The van der Waals surface area contributed by atoms with E-state index in [9.17, 15) is 9.59 Å². The van der Waals surface area contributed by atoms with Gasteiger partial charge in [-0.1, -0.05) is 11.6 Å². The molecular weight excluding hydrogens is 358 g/mol. The van der Waals surface area contributed by atoms with Gasteiger partial charge in [-0.3, -0.25) is 4.79 Å². The van der Waals surface area contributed by atoms with Crippen molar-refractivity contribution in [2.45, 2.75) is 6.42 Å². The fourth-order valence-electron chi connectivity index (χ4n) is 2.34. The highest BCUT2D eigenvalue weighted by Gasteiger charge is 2.13. The van der Waals surface area contributed by atoms with Gasteiger partial charge in [-0.25, -0.2) is 4.79 Å². The van der Waals surface area contributed by atoms with Gasteiger partial charge in [0.1, 0.15) is 13.2 Å². The Morgan fingerprint density at radius 1 is 0.923 bits per heavy atom. The van der Waals surface area contributed by atoms with Crippen molar-refractivity contribution in [3.05, 3.63) is 47.5 Å². The van der Waals surface area contributed by atoms with E-state index in [4.69, 9.17) is 21.1 Å². The maximum atomic E-state index is 12.0. The lowest BCUT2D eigenvalue weighted by atomic mass is 10.2. The summed E-state index contributed by atoms with van der Waals surface area (Å²) in [6, 6.07) is 11.6. The van der Waals surface area contributed by atoms with Crippen molar-refractivity contribution in [1.29, 1.82) is 0 Å². The molecule has 8 heteroatoms. The second-order valence-electron chi connectivity index (χ2n) is 5.54. The second-order valence-corrected chi connectivity index (χ2v) is 5.98. The summed E-state index contributed by atoms with van der Waals surface area (Å²) in [5, 5.41) is 8.63. The molecule has 0 bridgehead atoms. The van der Waals surface area contributed by atoms with Gasteiger partial charge < -0.3 is 25.4 Å². The highest BCUT2D eigenvalue weighted by atomic mass is 35.5. The number of hydrogen-bond acceptors (Lipinski definition) is 4. The summed E-state index contributed by atoms with van der Waals surface area (Å²) in [6.45, 7) is 1.20. The summed E-state index contributed by atoms with van der Waals surface area (Å²) in [5.41, 5.74) is 1.23. The lowest BCUT2D eigenvalue weighted by Crippen LogP contribution is -2.31. The largest absolute Gasteiger partial charge is 0.486 e. The summed E-state index contributed by atoms with van der Waals surface area (Å²) in [6.07, 6.45) is 0.141. The Morgan fingerprint density at radius 3 is 2.38 bits per heavy atom. The Balaban J connectivity index is 1.41. The Kier molecular flexibility index (Phi) is 5.80. The van der Waals surface area contributed by atoms with Crippen LogP contribution in [0.2, 0.25) is 5.02 Å². The topological polar surface area (TPSA) is 88.7 Å². The minimum absolute atomic E-state index is 0.141. The van der Waals surface area contributed by atoms with Crippen molar-refractivity contribution in [3.8, 4) is 11.5 Å². The number of benzene rings is 2. The highest BCUT2D eigenvalue weighted by Crippen LogP contribution is 2.32. The van der Waals surface area contributed by atoms with E-state index in [1.54, 1.807) is 42.5 Å². The molecule has 0 spiro atoms. The van der Waals surface area contributed by atoms with Crippen LogP contribution in [0.5, 0.6) is 11.5 Å². The third kappa shape index (κ3) is 5.03. The molecule has 1 aliphatic heterocycles. The quantitative estimate of drug-likeness (QED) is 0.748. The number of carbonyl (C=O) groups is 2. The fraction of sp³-hybridized carbons (Fsp3) is 0.222. The molecule has 1 aliphatic rings. The molecule has 0 unspecified atom stereocenters. The van der Waals surface area contributed by atoms with E-state index in [1.165, 1.54) is 0 Å². The summed E-state index contributed by atoms with van der Waals surface area (Å²) in [5.74, 6) is 1.05. The van der Waals surface area contributed by atoms with Crippen LogP contribution in [0.1, 0.15) is 6.42 Å². The maximum Gasteiger partial charge on any atom is 0.319 e. The lowest BCUT2D eigenvalue weighted by molar-refractivity contribution is -0.116. The molecule has 3 N–H and O–H groups in total. The third-order valence-corrected chi connectivity index (χ3v) is 3.82. The number of nitrogens with one attached hydrogen (secondary N) is 3. The molecule has 0 saturated heterocycles. The average Bonchev–Trinajstić information content (AvgIpc) is 2.63. The van der Waals surface area contributed by atoms with Crippen LogP contribution < -0.4 is 25.4 Å². The van der Waals surface area contributed by atoms with Crippen LogP contribution in [-0.2, 0) is 4.79 Å². The highest BCUT2D eigenvalue weighted by molar-refractivity contribution is 6.30. The third-order valence-electron chi connectivity index (χ3n) is 3.57. The van der Waals surface area contributed by atoms with Gasteiger partial charge in [0.25, 0.3) is 0 Å². The zero-order valence-corrected chi connectivity index (χ0v) is 14.6. The van der Waals surface area contributed by atoms with Gasteiger partial charge in [0.15, 0.2) is 11.5 Å². The van der Waals surface area contributed by atoms with E-state index in [0.717, 1.165) is 0 Å². The molecular formula is C18H18ClN3O4. The number of anilines is 2. The van der Waals surface area contributed by atoms with Crippen molar-refractivity contribution < 1.29 is 19.1 Å². The summed E-state index contributed by atoms with van der Waals surface area (Å²) in [4.78, 5) is 23.8. The molecule has 3 rings (SSSR count). The molecule has 3 amide bonds. The van der Waals surface area contributed by atoms with Crippen molar-refractivity contribution in [2.24, 2.45) is 0 Å². The average molecular weight is 376 g/mol. The van der Waals surface area contributed by atoms with E-state index < -0.39 is 0 Å². The van der Waals surface area contributed by atoms with Crippen molar-refractivity contribution in [2.75, 3.05) is 30.4 Å². The Labute approximate surface area is 155 Å². The Hall–Kier alpha value is -2.93. The Bertz CT molecular complexity index is 796. The molecule has 26 heavy (non-hydrogen) atoms. The number of carbonyl (C=O) groups excluding carboxylic acids is 2. The number of ether oxygens (including phenoxy) is 2. The van der Waals surface area contributed by atoms with Crippen LogP contribution in [0.25, 0.3) is 0 Å². The van der Waals surface area contributed by atoms with Gasteiger partial charge in [-0.2, -0.15) is 0 Å². The maximum absolute atomic E-state index is 12.0. The first-order valence-corrected chi connectivity index (χ1v) is 8.48. The molecule has 0 saturated carbocycles. The molecule has 0 radical (unpaired) electrons. The van der Waals surface area contributed by atoms with Crippen molar-refractivity contribution in [1.82, 2.24) is 5.32 Å². The Morgan fingerprint density at radius 2 is 1.62 bits per heavy atom. The smallest absolute Gasteiger partial charge is 0.319 e. The van der Waals surface area contributed by atoms with Crippen LogP contribution in [0.15, 0.2) is 42.5 Å². The number of halogens is 1. The first-order chi connectivity index (χ1) is 12.6. The van der Waals surface area contributed by atoms with Gasteiger partial charge in [-0.05, 0) is 36.4 Å². The number of amides is 3. The molecule has 1 heterocycles. The molecule has 0 fully saturated rings. The molecule has 0 aliphatic carbocycles. The van der Waals surface area contributed by atoms with E-state index in [-0.39, 0.29) is 24.9 Å². The van der Waals surface area contributed by atoms with E-state index in [1.807, 2.05) is 0 Å². The zero-order valence-electron chi connectivity index (χ0n) is 13.9. The van der Waals surface area contributed by atoms with Gasteiger partial charge in [0, 0.05) is 35.4 Å². The zero-order chi connectivity index (χ0) is 18.4. The van der Waals surface area contributed by atoms with Crippen molar-refractivity contribution >= 4 is 34.9 Å². The fourth-order valence-corrected chi connectivity index (χ4v) is 2.47.